The molecule has 0 spiro atoms. The number of fused-ring (bicyclic) bond motifs is 1. The Morgan fingerprint density at radius 1 is 0.935 bits per heavy atom. The minimum absolute atomic E-state index is 0.0309. The third-order valence-electron chi connectivity index (χ3n) is 5.45. The summed E-state index contributed by atoms with van der Waals surface area (Å²) in [6.07, 6.45) is 3.39. The Hall–Kier alpha value is -2.03. The Bertz CT molecular complexity index is 1240. The number of anilines is 1. The molecule has 8 nitrogen and oxygen atoms in total. The van der Waals surface area contributed by atoms with Crippen molar-refractivity contribution >= 4 is 44.8 Å². The van der Waals surface area contributed by atoms with Gasteiger partial charge in [0.25, 0.3) is 0 Å². The van der Waals surface area contributed by atoms with Crippen molar-refractivity contribution in [3.8, 4) is 11.5 Å². The van der Waals surface area contributed by atoms with Crippen molar-refractivity contribution in [2.75, 3.05) is 17.2 Å². The van der Waals surface area contributed by atoms with Gasteiger partial charge in [-0.2, -0.15) is 4.98 Å². The summed E-state index contributed by atoms with van der Waals surface area (Å²) in [4.78, 5) is 12.2. The lowest BCUT2D eigenvalue weighted by atomic mass is 10.2. The average molecular weight is 483 g/mol. The van der Waals surface area contributed by atoms with E-state index in [1.807, 2.05) is 0 Å². The molecule has 0 unspecified atom stereocenters. The Kier molecular flexibility index (Phi) is 7.19. The van der Waals surface area contributed by atoms with Crippen molar-refractivity contribution in [2.24, 2.45) is 0 Å². The van der Waals surface area contributed by atoms with E-state index in [1.54, 1.807) is 6.07 Å². The molecule has 0 atom stereocenters. The van der Waals surface area contributed by atoms with Crippen molar-refractivity contribution in [2.45, 2.75) is 63.3 Å². The minimum atomic E-state index is -3.65. The molecule has 2 aromatic rings. The molecule has 2 rings (SSSR count). The molecule has 11 heteroatoms. The molecule has 0 amide bonds. The number of rotatable bonds is 6. The standard InChI is InChI=1S/C20H30N4O4S2Si/c1-13(2)31(14(3)4,15(5)6)10-9-16-11-18(24-30(8,27)28)22-19-17(16)12-21-20(23-19)29(7,25)26/h11-15H,1-8H3,(H,21,22,23,24). The van der Waals surface area contributed by atoms with Crippen LogP contribution in [-0.4, -0.2) is 52.4 Å². The van der Waals surface area contributed by atoms with Crippen LogP contribution in [0.5, 0.6) is 0 Å². The highest BCUT2D eigenvalue weighted by molar-refractivity contribution is 7.92. The van der Waals surface area contributed by atoms with Crippen LogP contribution in [0.3, 0.4) is 0 Å². The first-order valence-corrected chi connectivity index (χ1v) is 16.0. The highest BCUT2D eigenvalue weighted by Crippen LogP contribution is 2.40. The molecular formula is C20H30N4O4S2Si. The number of sulfonamides is 1. The van der Waals surface area contributed by atoms with E-state index in [4.69, 9.17) is 0 Å². The van der Waals surface area contributed by atoms with Gasteiger partial charge in [0.15, 0.2) is 5.65 Å². The van der Waals surface area contributed by atoms with Crippen LogP contribution in [-0.2, 0) is 19.9 Å². The SMILES string of the molecule is CC(C)[Si](C#Cc1cc(NS(C)(=O)=O)nc2nc(S(C)(=O)=O)ncc12)(C(C)C)C(C)C. The number of sulfone groups is 1. The van der Waals surface area contributed by atoms with Crippen LogP contribution in [0.25, 0.3) is 11.0 Å². The molecule has 0 aliphatic heterocycles. The lowest BCUT2D eigenvalue weighted by molar-refractivity contribution is 0.593. The molecule has 2 heterocycles. The van der Waals surface area contributed by atoms with E-state index >= 15 is 0 Å². The molecule has 0 aliphatic carbocycles. The highest BCUT2D eigenvalue weighted by atomic mass is 32.2. The molecule has 0 saturated heterocycles. The number of pyridine rings is 1. The van der Waals surface area contributed by atoms with Crippen molar-refractivity contribution in [1.29, 1.82) is 0 Å². The average Bonchev–Trinajstić information content (AvgIpc) is 2.58. The second-order valence-corrected chi connectivity index (χ2v) is 18.0. The van der Waals surface area contributed by atoms with Crippen LogP contribution < -0.4 is 4.72 Å². The van der Waals surface area contributed by atoms with Gasteiger partial charge in [-0.3, -0.25) is 4.72 Å². The van der Waals surface area contributed by atoms with Crippen molar-refractivity contribution in [3.63, 3.8) is 0 Å². The minimum Gasteiger partial charge on any atom is -0.267 e. The van der Waals surface area contributed by atoms with Crippen LogP contribution in [0.15, 0.2) is 17.4 Å². The fraction of sp³-hybridized carbons (Fsp3) is 0.550. The molecule has 0 aliphatic rings. The first-order chi connectivity index (χ1) is 14.1. The maximum atomic E-state index is 11.9. The van der Waals surface area contributed by atoms with Crippen molar-refractivity contribution in [3.05, 3.63) is 17.8 Å². The molecule has 0 fully saturated rings. The van der Waals surface area contributed by atoms with E-state index in [0.29, 0.717) is 27.6 Å². The molecule has 31 heavy (non-hydrogen) atoms. The van der Waals surface area contributed by atoms with E-state index in [1.165, 1.54) is 6.20 Å². The van der Waals surface area contributed by atoms with Gasteiger partial charge in [0.2, 0.25) is 25.0 Å². The van der Waals surface area contributed by atoms with Gasteiger partial charge < -0.3 is 0 Å². The summed E-state index contributed by atoms with van der Waals surface area (Å²) in [5.74, 6) is 3.30. The van der Waals surface area contributed by atoms with E-state index in [2.05, 4.69) is 72.7 Å². The van der Waals surface area contributed by atoms with E-state index in [-0.39, 0.29) is 16.6 Å². The topological polar surface area (TPSA) is 119 Å². The molecule has 0 aromatic carbocycles. The van der Waals surface area contributed by atoms with E-state index in [0.717, 1.165) is 12.5 Å². The van der Waals surface area contributed by atoms with Crippen molar-refractivity contribution in [1.82, 2.24) is 15.0 Å². The van der Waals surface area contributed by atoms with Gasteiger partial charge in [0.1, 0.15) is 13.9 Å². The smallest absolute Gasteiger partial charge is 0.248 e. The van der Waals surface area contributed by atoms with E-state index in [9.17, 15) is 16.8 Å². The normalized spacial score (nSPS) is 13.0. The number of hydrogen-bond donors (Lipinski definition) is 1. The van der Waals surface area contributed by atoms with Crippen LogP contribution in [0, 0.1) is 11.5 Å². The van der Waals surface area contributed by atoms with Gasteiger partial charge in [0, 0.05) is 18.0 Å². The van der Waals surface area contributed by atoms with Gasteiger partial charge in [0.05, 0.1) is 11.6 Å². The highest BCUT2D eigenvalue weighted by Gasteiger charge is 2.41. The lowest BCUT2D eigenvalue weighted by Crippen LogP contribution is -2.43. The quantitative estimate of drug-likeness (QED) is 0.381. The molecule has 2 aromatic heterocycles. The molecular weight excluding hydrogens is 452 g/mol. The monoisotopic (exact) mass is 482 g/mol. The van der Waals surface area contributed by atoms with Gasteiger partial charge >= 0.3 is 0 Å². The van der Waals surface area contributed by atoms with Crippen LogP contribution in [0.1, 0.15) is 47.1 Å². The predicted octanol–water partition coefficient (Wildman–Crippen LogP) is 3.37. The Morgan fingerprint density at radius 2 is 1.48 bits per heavy atom. The summed E-state index contributed by atoms with van der Waals surface area (Å²) < 4.78 is 49.6. The summed E-state index contributed by atoms with van der Waals surface area (Å²) in [6.45, 7) is 13.2. The zero-order chi connectivity index (χ0) is 23.8. The molecule has 1 N–H and O–H groups in total. The zero-order valence-electron chi connectivity index (χ0n) is 19.2. The second kappa shape index (κ2) is 8.84. The summed E-state index contributed by atoms with van der Waals surface area (Å²) >= 11 is 0. The maximum Gasteiger partial charge on any atom is 0.248 e. The van der Waals surface area contributed by atoms with Crippen LogP contribution in [0.4, 0.5) is 5.82 Å². The second-order valence-electron chi connectivity index (χ2n) is 8.74. The predicted molar refractivity (Wildman–Crippen MR) is 127 cm³/mol. The first-order valence-electron chi connectivity index (χ1n) is 9.96. The number of nitrogens with zero attached hydrogens (tertiary/aromatic N) is 3. The molecule has 0 radical (unpaired) electrons. The lowest BCUT2D eigenvalue weighted by Gasteiger charge is -2.38. The summed E-state index contributed by atoms with van der Waals surface area (Å²) in [7, 11) is -9.31. The molecule has 0 bridgehead atoms. The molecule has 0 saturated carbocycles. The fourth-order valence-corrected chi connectivity index (χ4v) is 10.3. The van der Waals surface area contributed by atoms with Gasteiger partial charge in [-0.25, -0.2) is 26.8 Å². The van der Waals surface area contributed by atoms with Gasteiger partial charge in [-0.15, -0.1) is 5.54 Å². The number of nitrogens with one attached hydrogen (secondary N) is 1. The van der Waals surface area contributed by atoms with E-state index < -0.39 is 27.9 Å². The first kappa shape index (κ1) is 25.2. The van der Waals surface area contributed by atoms with Crippen LogP contribution >= 0.6 is 0 Å². The summed E-state index contributed by atoms with van der Waals surface area (Å²) in [5, 5.41) is 0.0938. The number of hydrogen-bond acceptors (Lipinski definition) is 7. The fourth-order valence-electron chi connectivity index (χ4n) is 4.13. The Morgan fingerprint density at radius 3 is 1.94 bits per heavy atom. The van der Waals surface area contributed by atoms with Crippen molar-refractivity contribution < 1.29 is 16.8 Å². The third-order valence-corrected chi connectivity index (χ3v) is 13.2. The van der Waals surface area contributed by atoms with Gasteiger partial charge in [-0.1, -0.05) is 47.5 Å². The number of aromatic nitrogens is 3. The Balaban J connectivity index is 2.84. The molecule has 170 valence electrons. The summed E-state index contributed by atoms with van der Waals surface area (Å²) in [6, 6.07) is 1.54. The zero-order valence-corrected chi connectivity index (χ0v) is 21.8. The van der Waals surface area contributed by atoms with Gasteiger partial charge in [-0.05, 0) is 22.7 Å². The third kappa shape index (κ3) is 5.61. The summed E-state index contributed by atoms with van der Waals surface area (Å²) in [5.41, 5.74) is 5.40. The largest absolute Gasteiger partial charge is 0.267 e. The Labute approximate surface area is 186 Å². The maximum absolute atomic E-state index is 11.9. The van der Waals surface area contributed by atoms with Crippen LogP contribution in [0.2, 0.25) is 16.6 Å².